The van der Waals surface area contributed by atoms with Crippen molar-refractivity contribution in [2.75, 3.05) is 0 Å². The fraction of sp³-hybridized carbons (Fsp3) is 0.200. The van der Waals surface area contributed by atoms with Gasteiger partial charge in [-0.05, 0) is 30.2 Å². The summed E-state index contributed by atoms with van der Waals surface area (Å²) in [6.45, 7) is 1.56. The maximum Gasteiger partial charge on any atom is 0.416 e. The minimum absolute atomic E-state index is 0.423. The summed E-state index contributed by atoms with van der Waals surface area (Å²) in [7, 11) is 0. The topological polar surface area (TPSA) is 20.2 Å². The Balaban J connectivity index is 2.37. The zero-order valence-electron chi connectivity index (χ0n) is 10.3. The first-order valence-corrected chi connectivity index (χ1v) is 5.77. The highest BCUT2D eigenvalue weighted by molar-refractivity contribution is 5.36. The highest BCUT2D eigenvalue weighted by atomic mass is 19.4. The molecule has 2 aromatic carbocycles. The Bertz CT molecular complexity index is 542. The normalized spacial score (nSPS) is 15.0. The zero-order valence-corrected chi connectivity index (χ0v) is 10.3. The molecule has 1 N–H and O–H groups in total. The quantitative estimate of drug-likeness (QED) is 0.872. The molecule has 0 saturated heterocycles. The Hall–Kier alpha value is -1.81. The van der Waals surface area contributed by atoms with E-state index < -0.39 is 17.3 Å². The molecule has 0 bridgehead atoms. The fourth-order valence-corrected chi connectivity index (χ4v) is 1.91. The zero-order chi connectivity index (χ0) is 14.1. The molecule has 19 heavy (non-hydrogen) atoms. The fourth-order valence-electron chi connectivity index (χ4n) is 1.91. The molecule has 4 heteroatoms. The second kappa shape index (κ2) is 4.70. The van der Waals surface area contributed by atoms with E-state index in [1.54, 1.807) is 31.2 Å². The first kappa shape index (κ1) is 13.6. The number of aliphatic hydroxyl groups is 1. The van der Waals surface area contributed by atoms with Gasteiger partial charge in [0.25, 0.3) is 0 Å². The summed E-state index contributed by atoms with van der Waals surface area (Å²) in [6, 6.07) is 13.4. The number of alkyl halides is 3. The average Bonchev–Trinajstić information content (AvgIpc) is 2.39. The molecule has 0 aliphatic heterocycles. The third-order valence-corrected chi connectivity index (χ3v) is 3.11. The van der Waals surface area contributed by atoms with Crippen LogP contribution in [0.5, 0.6) is 0 Å². The van der Waals surface area contributed by atoms with Crippen molar-refractivity contribution in [3.63, 3.8) is 0 Å². The standard InChI is InChI=1S/C15H13F3O/c1-14(19,11-5-3-2-4-6-11)12-7-9-13(10-8-12)15(16,17)18/h2-10,19H,1H3. The van der Waals surface area contributed by atoms with Gasteiger partial charge in [0.1, 0.15) is 5.60 Å². The van der Waals surface area contributed by atoms with E-state index in [2.05, 4.69) is 0 Å². The molecule has 0 heterocycles. The number of benzene rings is 2. The number of hydrogen-bond donors (Lipinski definition) is 1. The van der Waals surface area contributed by atoms with Crippen LogP contribution in [0.4, 0.5) is 13.2 Å². The van der Waals surface area contributed by atoms with Crippen LogP contribution in [-0.2, 0) is 11.8 Å². The van der Waals surface area contributed by atoms with E-state index >= 15 is 0 Å². The molecule has 1 nitrogen and oxygen atoms in total. The number of halogens is 3. The van der Waals surface area contributed by atoms with Gasteiger partial charge in [-0.2, -0.15) is 13.2 Å². The molecule has 1 unspecified atom stereocenters. The van der Waals surface area contributed by atoms with Crippen molar-refractivity contribution in [3.8, 4) is 0 Å². The van der Waals surface area contributed by atoms with Crippen LogP contribution in [0.3, 0.4) is 0 Å². The third-order valence-electron chi connectivity index (χ3n) is 3.11. The highest BCUT2D eigenvalue weighted by Gasteiger charge is 2.31. The highest BCUT2D eigenvalue weighted by Crippen LogP contribution is 2.33. The van der Waals surface area contributed by atoms with E-state index in [0.29, 0.717) is 11.1 Å². The predicted octanol–water partition coefficient (Wildman–Crippen LogP) is 3.96. The smallest absolute Gasteiger partial charge is 0.381 e. The van der Waals surface area contributed by atoms with Gasteiger partial charge in [-0.1, -0.05) is 42.5 Å². The van der Waals surface area contributed by atoms with Crippen molar-refractivity contribution in [1.82, 2.24) is 0 Å². The molecule has 2 rings (SSSR count). The van der Waals surface area contributed by atoms with Crippen LogP contribution in [0.1, 0.15) is 23.6 Å². The van der Waals surface area contributed by atoms with E-state index in [1.807, 2.05) is 6.07 Å². The lowest BCUT2D eigenvalue weighted by Gasteiger charge is -2.24. The van der Waals surface area contributed by atoms with Gasteiger partial charge in [0.05, 0.1) is 5.56 Å². The van der Waals surface area contributed by atoms with Gasteiger partial charge in [-0.3, -0.25) is 0 Å². The lowest BCUT2D eigenvalue weighted by molar-refractivity contribution is -0.137. The van der Waals surface area contributed by atoms with Crippen molar-refractivity contribution < 1.29 is 18.3 Å². The molecule has 0 saturated carbocycles. The third kappa shape index (κ3) is 2.79. The van der Waals surface area contributed by atoms with Gasteiger partial charge in [0.15, 0.2) is 0 Å². The summed E-state index contributed by atoms with van der Waals surface area (Å²) < 4.78 is 37.4. The molecule has 0 aromatic heterocycles. The molecule has 0 aliphatic rings. The minimum Gasteiger partial charge on any atom is -0.381 e. The van der Waals surface area contributed by atoms with Crippen molar-refractivity contribution in [2.45, 2.75) is 18.7 Å². The summed E-state index contributed by atoms with van der Waals surface area (Å²) in [4.78, 5) is 0. The molecular formula is C15H13F3O. The summed E-state index contributed by atoms with van der Waals surface area (Å²) in [5, 5.41) is 10.5. The van der Waals surface area contributed by atoms with Crippen molar-refractivity contribution in [3.05, 3.63) is 71.3 Å². The summed E-state index contributed by atoms with van der Waals surface area (Å²) in [5.41, 5.74) is -0.979. The van der Waals surface area contributed by atoms with Crippen LogP contribution in [0.15, 0.2) is 54.6 Å². The van der Waals surface area contributed by atoms with Gasteiger partial charge in [0, 0.05) is 0 Å². The molecule has 1 atom stereocenters. The summed E-state index contributed by atoms with van der Waals surface area (Å²) >= 11 is 0. The summed E-state index contributed by atoms with van der Waals surface area (Å²) in [6.07, 6.45) is -4.36. The van der Waals surface area contributed by atoms with Crippen molar-refractivity contribution >= 4 is 0 Å². The van der Waals surface area contributed by atoms with Crippen molar-refractivity contribution in [1.29, 1.82) is 0 Å². The summed E-state index contributed by atoms with van der Waals surface area (Å²) in [5.74, 6) is 0. The van der Waals surface area contributed by atoms with E-state index in [0.717, 1.165) is 12.1 Å². The van der Waals surface area contributed by atoms with Crippen LogP contribution in [0, 0.1) is 0 Å². The van der Waals surface area contributed by atoms with E-state index in [-0.39, 0.29) is 0 Å². The largest absolute Gasteiger partial charge is 0.416 e. The van der Waals surface area contributed by atoms with Gasteiger partial charge in [0.2, 0.25) is 0 Å². The van der Waals surface area contributed by atoms with Gasteiger partial charge in [-0.15, -0.1) is 0 Å². The minimum atomic E-state index is -4.36. The van der Waals surface area contributed by atoms with Gasteiger partial charge >= 0.3 is 6.18 Å². The number of hydrogen-bond acceptors (Lipinski definition) is 1. The second-order valence-electron chi connectivity index (χ2n) is 4.51. The van der Waals surface area contributed by atoms with Crippen LogP contribution in [0.2, 0.25) is 0 Å². The Morgan fingerprint density at radius 3 is 1.63 bits per heavy atom. The van der Waals surface area contributed by atoms with E-state index in [4.69, 9.17) is 0 Å². The molecule has 100 valence electrons. The molecule has 0 amide bonds. The van der Waals surface area contributed by atoms with Crippen LogP contribution in [-0.4, -0.2) is 5.11 Å². The maximum atomic E-state index is 12.5. The first-order valence-electron chi connectivity index (χ1n) is 5.77. The molecule has 0 fully saturated rings. The Morgan fingerprint density at radius 2 is 1.16 bits per heavy atom. The van der Waals surface area contributed by atoms with E-state index in [9.17, 15) is 18.3 Å². The Morgan fingerprint density at radius 1 is 0.737 bits per heavy atom. The van der Waals surface area contributed by atoms with Gasteiger partial charge in [-0.25, -0.2) is 0 Å². The molecular weight excluding hydrogens is 253 g/mol. The first-order chi connectivity index (χ1) is 8.82. The Labute approximate surface area is 109 Å². The number of rotatable bonds is 2. The second-order valence-corrected chi connectivity index (χ2v) is 4.51. The average molecular weight is 266 g/mol. The molecule has 0 spiro atoms. The van der Waals surface area contributed by atoms with E-state index in [1.165, 1.54) is 12.1 Å². The van der Waals surface area contributed by atoms with Crippen molar-refractivity contribution in [2.24, 2.45) is 0 Å². The molecule has 0 radical (unpaired) electrons. The van der Waals surface area contributed by atoms with Gasteiger partial charge < -0.3 is 5.11 Å². The van der Waals surface area contributed by atoms with Crippen LogP contribution in [0.25, 0.3) is 0 Å². The molecule has 2 aromatic rings. The van der Waals surface area contributed by atoms with Crippen LogP contribution >= 0.6 is 0 Å². The Kier molecular flexibility index (Phi) is 3.37. The SMILES string of the molecule is CC(O)(c1ccccc1)c1ccc(C(F)(F)F)cc1. The predicted molar refractivity (Wildman–Crippen MR) is 66.6 cm³/mol. The monoisotopic (exact) mass is 266 g/mol. The molecule has 0 aliphatic carbocycles. The lowest BCUT2D eigenvalue weighted by atomic mass is 9.88. The maximum absolute atomic E-state index is 12.5. The lowest BCUT2D eigenvalue weighted by Crippen LogP contribution is -2.22. The van der Waals surface area contributed by atoms with Crippen LogP contribution < -0.4 is 0 Å².